The highest BCUT2D eigenvalue weighted by Crippen LogP contribution is 2.21. The van der Waals surface area contributed by atoms with Crippen LogP contribution in [0.5, 0.6) is 0 Å². The van der Waals surface area contributed by atoms with E-state index < -0.39 is 0 Å². The smallest absolute Gasteiger partial charge is 0.253 e. The molecular weight excluding hydrogens is 250 g/mol. The van der Waals surface area contributed by atoms with Gasteiger partial charge in [-0.1, -0.05) is 6.07 Å². The van der Waals surface area contributed by atoms with Gasteiger partial charge in [0.25, 0.3) is 5.91 Å². The lowest BCUT2D eigenvalue weighted by Crippen LogP contribution is -2.39. The number of benzene rings is 1. The van der Waals surface area contributed by atoms with Crippen LogP contribution in [0.25, 0.3) is 0 Å². The summed E-state index contributed by atoms with van der Waals surface area (Å²) in [6.45, 7) is 4.32. The molecule has 0 aromatic heterocycles. The van der Waals surface area contributed by atoms with E-state index in [0.29, 0.717) is 6.04 Å². The van der Waals surface area contributed by atoms with E-state index in [9.17, 15) is 4.79 Å². The predicted molar refractivity (Wildman–Crippen MR) is 83.3 cm³/mol. The van der Waals surface area contributed by atoms with E-state index >= 15 is 0 Å². The minimum Gasteiger partial charge on any atom is -0.381 e. The monoisotopic (exact) mass is 275 g/mol. The second kappa shape index (κ2) is 6.27. The number of carbonyl (C=O) groups is 1. The molecule has 1 unspecified atom stereocenters. The molecule has 1 aliphatic rings. The number of hydrogen-bond donors (Lipinski definition) is 1. The zero-order chi connectivity index (χ0) is 14.7. The Labute approximate surface area is 121 Å². The summed E-state index contributed by atoms with van der Waals surface area (Å²) in [5.74, 6) is 0.0498. The fourth-order valence-corrected chi connectivity index (χ4v) is 2.67. The van der Waals surface area contributed by atoms with Crippen LogP contribution in [0.15, 0.2) is 18.2 Å². The lowest BCUT2D eigenvalue weighted by molar-refractivity contribution is 0.0827. The summed E-state index contributed by atoms with van der Waals surface area (Å²) < 4.78 is 0. The van der Waals surface area contributed by atoms with E-state index in [0.717, 1.165) is 17.8 Å². The van der Waals surface area contributed by atoms with E-state index in [4.69, 9.17) is 0 Å². The molecule has 0 radical (unpaired) electrons. The SMILES string of the molecule is Cc1ccc(C(=O)N(C)C)cc1NC1CCCN(C)C1. The molecule has 1 aliphatic heterocycles. The van der Waals surface area contributed by atoms with E-state index in [-0.39, 0.29) is 5.91 Å². The number of anilines is 1. The number of amides is 1. The first-order valence-corrected chi connectivity index (χ1v) is 7.25. The molecular formula is C16H25N3O. The van der Waals surface area contributed by atoms with Crippen molar-refractivity contribution in [1.82, 2.24) is 9.80 Å². The third-order valence-electron chi connectivity index (χ3n) is 3.87. The Morgan fingerprint density at radius 2 is 2.15 bits per heavy atom. The summed E-state index contributed by atoms with van der Waals surface area (Å²) in [7, 11) is 5.73. The Hall–Kier alpha value is -1.55. The van der Waals surface area contributed by atoms with Crippen LogP contribution in [0.4, 0.5) is 5.69 Å². The van der Waals surface area contributed by atoms with Crippen LogP contribution in [-0.2, 0) is 0 Å². The predicted octanol–water partition coefficient (Wildman–Crippen LogP) is 2.20. The van der Waals surface area contributed by atoms with Gasteiger partial charge in [0.2, 0.25) is 0 Å². The number of likely N-dealkylation sites (tertiary alicyclic amines) is 1. The van der Waals surface area contributed by atoms with E-state index in [1.807, 2.05) is 18.2 Å². The third kappa shape index (κ3) is 3.51. The molecule has 1 aromatic rings. The van der Waals surface area contributed by atoms with Gasteiger partial charge >= 0.3 is 0 Å². The summed E-state index contributed by atoms with van der Waals surface area (Å²) >= 11 is 0. The summed E-state index contributed by atoms with van der Waals surface area (Å²) in [6.07, 6.45) is 2.42. The fourth-order valence-electron chi connectivity index (χ4n) is 2.67. The van der Waals surface area contributed by atoms with Gasteiger partial charge in [-0.3, -0.25) is 4.79 Å². The first-order chi connectivity index (χ1) is 9.47. The van der Waals surface area contributed by atoms with Crippen molar-refractivity contribution in [3.63, 3.8) is 0 Å². The van der Waals surface area contributed by atoms with E-state index in [1.54, 1.807) is 19.0 Å². The van der Waals surface area contributed by atoms with Gasteiger partial charge in [-0.25, -0.2) is 0 Å². The quantitative estimate of drug-likeness (QED) is 0.918. The molecule has 20 heavy (non-hydrogen) atoms. The van der Waals surface area contributed by atoms with Crippen LogP contribution < -0.4 is 5.32 Å². The van der Waals surface area contributed by atoms with Crippen molar-refractivity contribution < 1.29 is 4.79 Å². The number of hydrogen-bond acceptors (Lipinski definition) is 3. The molecule has 4 nitrogen and oxygen atoms in total. The van der Waals surface area contributed by atoms with Crippen molar-refractivity contribution in [2.45, 2.75) is 25.8 Å². The van der Waals surface area contributed by atoms with Gasteiger partial charge in [0.15, 0.2) is 0 Å². The van der Waals surface area contributed by atoms with Crippen molar-refractivity contribution in [1.29, 1.82) is 0 Å². The highest BCUT2D eigenvalue weighted by atomic mass is 16.2. The average molecular weight is 275 g/mol. The Kier molecular flexibility index (Phi) is 4.65. The maximum absolute atomic E-state index is 12.0. The van der Waals surface area contributed by atoms with Gasteiger partial charge in [0.05, 0.1) is 0 Å². The largest absolute Gasteiger partial charge is 0.381 e. The molecule has 1 amide bonds. The number of rotatable bonds is 3. The number of carbonyl (C=O) groups excluding carboxylic acids is 1. The molecule has 2 rings (SSSR count). The molecule has 1 N–H and O–H groups in total. The number of piperidine rings is 1. The maximum Gasteiger partial charge on any atom is 0.253 e. The van der Waals surface area contributed by atoms with E-state index in [1.165, 1.54) is 24.9 Å². The first-order valence-electron chi connectivity index (χ1n) is 7.25. The fraction of sp³-hybridized carbons (Fsp3) is 0.562. The van der Waals surface area contributed by atoms with Crippen molar-refractivity contribution in [2.24, 2.45) is 0 Å². The van der Waals surface area contributed by atoms with Gasteiger partial charge in [-0.05, 0) is 51.1 Å². The molecule has 0 aliphatic carbocycles. The van der Waals surface area contributed by atoms with Gasteiger partial charge in [0.1, 0.15) is 0 Å². The summed E-state index contributed by atoms with van der Waals surface area (Å²) in [4.78, 5) is 16.0. The average Bonchev–Trinajstić information content (AvgIpc) is 2.40. The van der Waals surface area contributed by atoms with Crippen molar-refractivity contribution in [2.75, 3.05) is 39.5 Å². The number of aryl methyl sites for hydroxylation is 1. The molecule has 0 spiro atoms. The molecule has 1 heterocycles. The van der Waals surface area contributed by atoms with Crippen LogP contribution in [0.2, 0.25) is 0 Å². The van der Waals surface area contributed by atoms with Crippen LogP contribution in [-0.4, -0.2) is 56.0 Å². The van der Waals surface area contributed by atoms with Crippen molar-refractivity contribution >= 4 is 11.6 Å². The molecule has 1 fully saturated rings. The zero-order valence-electron chi connectivity index (χ0n) is 12.9. The van der Waals surface area contributed by atoms with E-state index in [2.05, 4.69) is 24.2 Å². The summed E-state index contributed by atoms with van der Waals surface area (Å²) in [5.41, 5.74) is 3.01. The lowest BCUT2D eigenvalue weighted by Gasteiger charge is -2.31. The normalized spacial score (nSPS) is 19.7. The second-order valence-corrected chi connectivity index (χ2v) is 5.98. The second-order valence-electron chi connectivity index (χ2n) is 5.98. The van der Waals surface area contributed by atoms with Gasteiger partial charge in [-0.2, -0.15) is 0 Å². The minimum absolute atomic E-state index is 0.0498. The first kappa shape index (κ1) is 14.9. The maximum atomic E-state index is 12.0. The van der Waals surface area contributed by atoms with Gasteiger partial charge < -0.3 is 15.1 Å². The topological polar surface area (TPSA) is 35.6 Å². The highest BCUT2D eigenvalue weighted by Gasteiger charge is 2.18. The number of likely N-dealkylation sites (N-methyl/N-ethyl adjacent to an activating group) is 1. The summed E-state index contributed by atoms with van der Waals surface area (Å²) in [5, 5.41) is 3.60. The molecule has 0 saturated carbocycles. The molecule has 1 aromatic carbocycles. The Morgan fingerprint density at radius 3 is 2.80 bits per heavy atom. The molecule has 0 bridgehead atoms. The molecule has 110 valence electrons. The lowest BCUT2D eigenvalue weighted by atomic mass is 10.0. The Balaban J connectivity index is 2.14. The van der Waals surface area contributed by atoms with Crippen molar-refractivity contribution in [3.8, 4) is 0 Å². The number of nitrogens with one attached hydrogen (secondary N) is 1. The van der Waals surface area contributed by atoms with Gasteiger partial charge in [-0.15, -0.1) is 0 Å². The van der Waals surface area contributed by atoms with Crippen LogP contribution in [0, 0.1) is 6.92 Å². The third-order valence-corrected chi connectivity index (χ3v) is 3.87. The Bertz CT molecular complexity index is 485. The van der Waals surface area contributed by atoms with Crippen LogP contribution in [0.3, 0.4) is 0 Å². The summed E-state index contributed by atoms with van der Waals surface area (Å²) in [6, 6.07) is 6.37. The van der Waals surface area contributed by atoms with Gasteiger partial charge in [0, 0.05) is 37.9 Å². The van der Waals surface area contributed by atoms with Crippen molar-refractivity contribution in [3.05, 3.63) is 29.3 Å². The zero-order valence-corrected chi connectivity index (χ0v) is 12.9. The Morgan fingerprint density at radius 1 is 1.40 bits per heavy atom. The number of nitrogens with zero attached hydrogens (tertiary/aromatic N) is 2. The molecule has 4 heteroatoms. The molecule has 1 saturated heterocycles. The standard InChI is InChI=1S/C16H25N3O/c1-12-7-8-13(16(20)18(2)3)10-15(12)17-14-6-5-9-19(4)11-14/h7-8,10,14,17H,5-6,9,11H2,1-4H3. The minimum atomic E-state index is 0.0498. The molecule has 1 atom stereocenters. The van der Waals surface area contributed by atoms with Crippen LogP contribution in [0.1, 0.15) is 28.8 Å². The van der Waals surface area contributed by atoms with Crippen LogP contribution >= 0.6 is 0 Å². The highest BCUT2D eigenvalue weighted by molar-refractivity contribution is 5.95.